The average molecular weight is 389 g/mol. The molecule has 0 bridgehead atoms. The van der Waals surface area contributed by atoms with Gasteiger partial charge in [-0.25, -0.2) is 9.18 Å². The van der Waals surface area contributed by atoms with Crippen LogP contribution in [0.15, 0.2) is 89.3 Å². The smallest absolute Gasteiger partial charge is 0.424 e. The summed E-state index contributed by atoms with van der Waals surface area (Å²) in [6, 6.07) is 22.7. The van der Waals surface area contributed by atoms with Crippen LogP contribution < -0.4 is 4.90 Å². The second-order valence-electron chi connectivity index (χ2n) is 6.31. The van der Waals surface area contributed by atoms with E-state index in [0.717, 1.165) is 28.0 Å². The van der Waals surface area contributed by atoms with Crippen LogP contribution >= 0.6 is 0 Å². The van der Waals surface area contributed by atoms with E-state index in [1.165, 1.54) is 12.1 Å². The zero-order valence-corrected chi connectivity index (χ0v) is 15.2. The number of carbonyl (C=O) groups is 2. The zero-order valence-electron chi connectivity index (χ0n) is 15.2. The van der Waals surface area contributed by atoms with Crippen molar-refractivity contribution in [1.29, 1.82) is 0 Å². The van der Waals surface area contributed by atoms with Gasteiger partial charge in [0, 0.05) is 17.0 Å². The van der Waals surface area contributed by atoms with Gasteiger partial charge in [-0.2, -0.15) is 4.90 Å². The molecule has 29 heavy (non-hydrogen) atoms. The Kier molecular flexibility index (Phi) is 5.07. The molecule has 0 unspecified atom stereocenters. The maximum atomic E-state index is 13.2. The topological polar surface area (TPSA) is 59.8 Å². The van der Waals surface area contributed by atoms with Gasteiger partial charge < -0.3 is 9.15 Å². The number of fused-ring (bicyclic) bond motifs is 1. The van der Waals surface area contributed by atoms with Gasteiger partial charge >= 0.3 is 6.09 Å². The van der Waals surface area contributed by atoms with Crippen molar-refractivity contribution in [3.8, 4) is 0 Å². The average Bonchev–Trinajstić information content (AvgIpc) is 3.17. The Morgan fingerprint density at radius 3 is 2.31 bits per heavy atom. The first-order chi connectivity index (χ1) is 14.1. The number of benzene rings is 3. The predicted octanol–water partition coefficient (Wildman–Crippen LogP) is 5.56. The number of hydrogen-bond donors (Lipinski definition) is 0. The molecule has 5 nitrogen and oxygen atoms in total. The summed E-state index contributed by atoms with van der Waals surface area (Å²) in [6.45, 7) is -0.00685. The van der Waals surface area contributed by atoms with Crippen molar-refractivity contribution in [3.63, 3.8) is 0 Å². The van der Waals surface area contributed by atoms with E-state index in [1.807, 2.05) is 24.3 Å². The van der Waals surface area contributed by atoms with Gasteiger partial charge in [-0.05, 0) is 35.9 Å². The number of para-hydroxylation sites is 1. The Morgan fingerprint density at radius 2 is 1.59 bits per heavy atom. The molecule has 0 atom stereocenters. The Hall–Kier alpha value is -3.93. The van der Waals surface area contributed by atoms with E-state index in [-0.39, 0.29) is 18.1 Å². The highest BCUT2D eigenvalue weighted by molar-refractivity contribution is 6.19. The summed E-state index contributed by atoms with van der Waals surface area (Å²) in [5, 5.41) is 0.732. The van der Waals surface area contributed by atoms with Gasteiger partial charge in [-0.3, -0.25) is 4.79 Å². The van der Waals surface area contributed by atoms with Crippen molar-refractivity contribution in [2.24, 2.45) is 0 Å². The molecule has 144 valence electrons. The summed E-state index contributed by atoms with van der Waals surface area (Å²) in [5.74, 6) is -1.14. The van der Waals surface area contributed by atoms with Crippen LogP contribution in [-0.2, 0) is 11.3 Å². The lowest BCUT2D eigenvalue weighted by Crippen LogP contribution is -2.37. The third kappa shape index (κ3) is 4.01. The third-order valence-electron chi connectivity index (χ3n) is 4.31. The number of amides is 2. The van der Waals surface area contributed by atoms with E-state index >= 15 is 0 Å². The molecule has 0 N–H and O–H groups in total. The first kappa shape index (κ1) is 18.4. The molecule has 0 saturated heterocycles. The molecule has 4 rings (SSSR count). The Bertz CT molecular complexity index is 1120. The monoisotopic (exact) mass is 389 g/mol. The lowest BCUT2D eigenvalue weighted by Gasteiger charge is -2.18. The largest absolute Gasteiger partial charge is 0.444 e. The molecule has 0 aliphatic rings. The van der Waals surface area contributed by atoms with Gasteiger partial charge in [0.25, 0.3) is 5.91 Å². The predicted molar refractivity (Wildman–Crippen MR) is 106 cm³/mol. The highest BCUT2D eigenvalue weighted by Gasteiger charge is 2.29. The van der Waals surface area contributed by atoms with Crippen molar-refractivity contribution >= 4 is 28.9 Å². The van der Waals surface area contributed by atoms with Gasteiger partial charge in [-0.1, -0.05) is 48.5 Å². The molecule has 0 spiro atoms. The summed E-state index contributed by atoms with van der Waals surface area (Å²) in [7, 11) is 0. The molecule has 0 saturated carbocycles. The van der Waals surface area contributed by atoms with Crippen molar-refractivity contribution in [2.45, 2.75) is 6.61 Å². The van der Waals surface area contributed by atoms with E-state index in [2.05, 4.69) is 0 Å². The van der Waals surface area contributed by atoms with Crippen LogP contribution in [0.5, 0.6) is 0 Å². The van der Waals surface area contributed by atoms with Gasteiger partial charge in [0.1, 0.15) is 18.0 Å². The first-order valence-corrected chi connectivity index (χ1v) is 8.91. The highest BCUT2D eigenvalue weighted by Crippen LogP contribution is 2.28. The first-order valence-electron chi connectivity index (χ1n) is 8.91. The Morgan fingerprint density at radius 1 is 0.897 bits per heavy atom. The molecule has 0 radical (unpaired) electrons. The number of nitrogens with zero attached hydrogens (tertiary/aromatic N) is 1. The number of ether oxygens (including phenoxy) is 1. The number of rotatable bonds is 4. The molecular weight excluding hydrogens is 373 g/mol. The third-order valence-corrected chi connectivity index (χ3v) is 4.31. The van der Waals surface area contributed by atoms with Gasteiger partial charge in [-0.15, -0.1) is 0 Å². The molecule has 1 heterocycles. The summed E-state index contributed by atoms with van der Waals surface area (Å²) in [6.07, 6.45) is -0.887. The van der Waals surface area contributed by atoms with E-state index in [0.29, 0.717) is 5.58 Å². The molecule has 1 aromatic heterocycles. The minimum absolute atomic E-state index is 0.00685. The quantitative estimate of drug-likeness (QED) is 0.459. The molecule has 4 aromatic rings. The maximum Gasteiger partial charge on any atom is 0.424 e. The summed E-state index contributed by atoms with van der Waals surface area (Å²) in [5.41, 5.74) is 1.43. The lowest BCUT2D eigenvalue weighted by atomic mass is 10.2. The molecule has 3 aromatic carbocycles. The van der Waals surface area contributed by atoms with Crippen LogP contribution in [-0.4, -0.2) is 12.0 Å². The number of imide groups is 1. The normalized spacial score (nSPS) is 10.7. The van der Waals surface area contributed by atoms with E-state index in [1.54, 1.807) is 36.4 Å². The second kappa shape index (κ2) is 7.98. The van der Waals surface area contributed by atoms with Crippen molar-refractivity contribution in [2.75, 3.05) is 4.90 Å². The standard InChI is InChI=1S/C23H16FNO4/c24-19-12-10-17(11-13-19)22(26)25(21-14-18-8-4-5-9-20(18)29-21)23(27)28-15-16-6-2-1-3-7-16/h1-14H,15H2. The molecular formula is C23H16FNO4. The molecule has 6 heteroatoms. The molecule has 2 amide bonds. The minimum atomic E-state index is -0.887. The van der Waals surface area contributed by atoms with Crippen LogP contribution in [0.25, 0.3) is 11.0 Å². The highest BCUT2D eigenvalue weighted by atomic mass is 19.1. The molecule has 0 aliphatic heterocycles. The fourth-order valence-corrected chi connectivity index (χ4v) is 2.86. The zero-order chi connectivity index (χ0) is 20.2. The van der Waals surface area contributed by atoms with Gasteiger partial charge in [0.2, 0.25) is 5.88 Å². The fraction of sp³-hybridized carbons (Fsp3) is 0.0435. The lowest BCUT2D eigenvalue weighted by molar-refractivity contribution is 0.0954. The maximum absolute atomic E-state index is 13.2. The summed E-state index contributed by atoms with van der Waals surface area (Å²) in [4.78, 5) is 26.7. The summed E-state index contributed by atoms with van der Waals surface area (Å²) >= 11 is 0. The van der Waals surface area contributed by atoms with Crippen LogP contribution in [0, 0.1) is 5.82 Å². The number of carbonyl (C=O) groups excluding carboxylic acids is 2. The number of hydrogen-bond acceptors (Lipinski definition) is 4. The SMILES string of the molecule is O=C(OCc1ccccc1)N(C(=O)c1ccc(F)cc1)c1cc2ccccc2o1. The molecule has 0 aliphatic carbocycles. The van der Waals surface area contributed by atoms with Crippen molar-refractivity contribution in [3.05, 3.63) is 102 Å². The second-order valence-corrected chi connectivity index (χ2v) is 6.31. The van der Waals surface area contributed by atoms with Crippen LogP contribution in [0.3, 0.4) is 0 Å². The number of halogens is 1. The van der Waals surface area contributed by atoms with Gasteiger partial charge in [0.15, 0.2) is 0 Å². The number of furan rings is 1. The Labute approximate surface area is 165 Å². The van der Waals surface area contributed by atoms with Crippen LogP contribution in [0.1, 0.15) is 15.9 Å². The van der Waals surface area contributed by atoms with Crippen molar-refractivity contribution in [1.82, 2.24) is 0 Å². The van der Waals surface area contributed by atoms with E-state index in [4.69, 9.17) is 9.15 Å². The van der Waals surface area contributed by atoms with Crippen LogP contribution in [0.4, 0.5) is 15.1 Å². The molecule has 0 fully saturated rings. The number of anilines is 1. The summed E-state index contributed by atoms with van der Waals surface area (Å²) < 4.78 is 24.3. The van der Waals surface area contributed by atoms with Crippen LogP contribution in [0.2, 0.25) is 0 Å². The van der Waals surface area contributed by atoms with E-state index in [9.17, 15) is 14.0 Å². The van der Waals surface area contributed by atoms with Gasteiger partial charge in [0.05, 0.1) is 0 Å². The minimum Gasteiger partial charge on any atom is -0.444 e. The fourth-order valence-electron chi connectivity index (χ4n) is 2.86. The van der Waals surface area contributed by atoms with Crippen molar-refractivity contribution < 1.29 is 23.1 Å². The van der Waals surface area contributed by atoms with E-state index < -0.39 is 17.8 Å². The Balaban J connectivity index is 1.66.